The average Bonchev–Trinajstić information content (AvgIpc) is 2.60. The van der Waals surface area contributed by atoms with Crippen molar-refractivity contribution in [2.24, 2.45) is 0 Å². The zero-order valence-electron chi connectivity index (χ0n) is 17.6. The molecule has 0 amide bonds. The summed E-state index contributed by atoms with van der Waals surface area (Å²) in [5.74, 6) is -5.22. The smallest absolute Gasteiger partial charge is 0.303 e. The third-order valence-corrected chi connectivity index (χ3v) is 3.09. The molecule has 0 bridgehead atoms. The second-order valence-electron chi connectivity index (χ2n) is 5.98. The molecular weight excluding hydrogens is 688 g/mol. The minimum absolute atomic E-state index is 0. The van der Waals surface area contributed by atoms with Gasteiger partial charge < -0.3 is 30.6 Å². The van der Waals surface area contributed by atoms with Gasteiger partial charge in [0.15, 0.2) is 0 Å². The van der Waals surface area contributed by atoms with Gasteiger partial charge >= 0.3 is 35.8 Å². The molecule has 0 aliphatic heterocycles. The molecular formula is C18H30Ce2O12. The van der Waals surface area contributed by atoms with Gasteiger partial charge in [0.2, 0.25) is 0 Å². The molecule has 14 heteroatoms. The van der Waals surface area contributed by atoms with Crippen LogP contribution in [0.25, 0.3) is 0 Å². The first-order chi connectivity index (χ1) is 13.9. The quantitative estimate of drug-likeness (QED) is 0.134. The molecule has 0 spiro atoms. The third kappa shape index (κ3) is 57.0. The average molecular weight is 719 g/mol. The van der Waals surface area contributed by atoms with E-state index in [2.05, 4.69) is 0 Å². The molecule has 182 valence electrons. The van der Waals surface area contributed by atoms with E-state index in [9.17, 15) is 28.8 Å². The maximum absolute atomic E-state index is 9.90. The van der Waals surface area contributed by atoms with Gasteiger partial charge in [-0.25, -0.2) is 0 Å². The first-order valence-electron chi connectivity index (χ1n) is 9.19. The van der Waals surface area contributed by atoms with Gasteiger partial charge in [0.05, 0.1) is 0 Å². The fourth-order valence-corrected chi connectivity index (χ4v) is 1.66. The van der Waals surface area contributed by atoms with Crippen molar-refractivity contribution in [3.8, 4) is 0 Å². The SMILES string of the molecule is O=C(O)CCCCC(=O)O.O=C(O)CCCCC(=O)O.O=C(O)CCCCC(=O)O.[Ce].[Ce]. The number of carboxylic acids is 6. The molecule has 0 aromatic rings. The van der Waals surface area contributed by atoms with Crippen molar-refractivity contribution >= 4 is 35.8 Å². The molecule has 0 radical (unpaired) electrons. The van der Waals surface area contributed by atoms with Crippen LogP contribution < -0.4 is 0 Å². The van der Waals surface area contributed by atoms with Crippen LogP contribution in [0.5, 0.6) is 0 Å². The largest absolute Gasteiger partial charge is 0.481 e. The summed E-state index contributed by atoms with van der Waals surface area (Å²) >= 11 is 0. The Labute approximate surface area is 252 Å². The summed E-state index contributed by atoms with van der Waals surface area (Å²) in [7, 11) is 0. The second-order valence-corrected chi connectivity index (χ2v) is 5.98. The van der Waals surface area contributed by atoms with Gasteiger partial charge in [-0.2, -0.15) is 0 Å². The number of unbranched alkanes of at least 4 members (excludes halogenated alkanes) is 3. The fraction of sp³-hybridized carbons (Fsp3) is 0.667. The molecule has 0 aliphatic carbocycles. The van der Waals surface area contributed by atoms with E-state index in [4.69, 9.17) is 30.6 Å². The van der Waals surface area contributed by atoms with E-state index in [1.807, 2.05) is 0 Å². The van der Waals surface area contributed by atoms with Crippen LogP contribution in [0.4, 0.5) is 0 Å². The number of hydrogen-bond donors (Lipinski definition) is 6. The summed E-state index contributed by atoms with van der Waals surface area (Å²) in [6.07, 6.45) is 3.05. The fourth-order valence-electron chi connectivity index (χ4n) is 1.66. The normalized spacial score (nSPS) is 8.62. The molecule has 0 heterocycles. The number of carboxylic acid groups (broad SMARTS) is 6. The predicted molar refractivity (Wildman–Crippen MR) is 101 cm³/mol. The maximum Gasteiger partial charge on any atom is 0.303 e. The maximum atomic E-state index is 9.90. The minimum Gasteiger partial charge on any atom is -0.481 e. The molecule has 0 unspecified atom stereocenters. The molecule has 6 N–H and O–H groups in total. The van der Waals surface area contributed by atoms with E-state index in [0.29, 0.717) is 38.5 Å². The molecule has 12 nitrogen and oxygen atoms in total. The van der Waals surface area contributed by atoms with Gasteiger partial charge in [-0.1, -0.05) is 0 Å². The van der Waals surface area contributed by atoms with Crippen molar-refractivity contribution < 1.29 is 143 Å². The van der Waals surface area contributed by atoms with Gasteiger partial charge in [0, 0.05) is 122 Å². The molecule has 0 rings (SSSR count). The number of rotatable bonds is 15. The topological polar surface area (TPSA) is 224 Å². The molecule has 0 aromatic carbocycles. The van der Waals surface area contributed by atoms with Crippen molar-refractivity contribution in [1.29, 1.82) is 0 Å². The Hall–Kier alpha value is -0.427. The van der Waals surface area contributed by atoms with Gasteiger partial charge in [-0.3, -0.25) is 28.8 Å². The standard InChI is InChI=1S/3C6H10O4.2Ce/c3*7-5(8)3-1-2-4-6(9)10;;/h3*1-4H2,(H,7,8)(H,9,10);;. The summed E-state index contributed by atoms with van der Waals surface area (Å²) < 4.78 is 0. The van der Waals surface area contributed by atoms with Gasteiger partial charge in [-0.05, 0) is 38.5 Å². The van der Waals surface area contributed by atoms with Crippen molar-refractivity contribution in [2.45, 2.75) is 77.0 Å². The molecule has 0 atom stereocenters. The Morgan fingerprint density at radius 1 is 0.312 bits per heavy atom. The Bertz CT molecular complexity index is 428. The Morgan fingerprint density at radius 2 is 0.406 bits per heavy atom. The van der Waals surface area contributed by atoms with E-state index >= 15 is 0 Å². The zero-order chi connectivity index (χ0) is 23.9. The van der Waals surface area contributed by atoms with Crippen LogP contribution in [0.1, 0.15) is 77.0 Å². The molecule has 0 fully saturated rings. The third-order valence-electron chi connectivity index (χ3n) is 3.09. The summed E-state index contributed by atoms with van der Waals surface area (Å²) in [6, 6.07) is 0. The second kappa shape index (κ2) is 30.6. The van der Waals surface area contributed by atoms with E-state index in [1.54, 1.807) is 0 Å². The minimum atomic E-state index is -0.870. The van der Waals surface area contributed by atoms with Crippen molar-refractivity contribution in [2.75, 3.05) is 0 Å². The summed E-state index contributed by atoms with van der Waals surface area (Å²) in [5.41, 5.74) is 0. The molecule has 0 saturated carbocycles. The summed E-state index contributed by atoms with van der Waals surface area (Å²) in [6.45, 7) is 0. The Balaban J connectivity index is -0.000000110. The van der Waals surface area contributed by atoms with Crippen molar-refractivity contribution in [3.63, 3.8) is 0 Å². The molecule has 0 aromatic heterocycles. The number of hydrogen-bond acceptors (Lipinski definition) is 6. The number of aliphatic carboxylic acids is 6. The Kier molecular flexibility index (Phi) is 39.9. The van der Waals surface area contributed by atoms with Crippen molar-refractivity contribution in [3.05, 3.63) is 0 Å². The number of carbonyl (C=O) groups is 6. The van der Waals surface area contributed by atoms with E-state index in [-0.39, 0.29) is 122 Å². The summed E-state index contributed by atoms with van der Waals surface area (Å²) in [5, 5.41) is 48.8. The first kappa shape index (κ1) is 41.8. The van der Waals surface area contributed by atoms with E-state index in [1.165, 1.54) is 0 Å². The van der Waals surface area contributed by atoms with E-state index in [0.717, 1.165) is 0 Å². The van der Waals surface area contributed by atoms with Crippen LogP contribution in [-0.2, 0) is 28.8 Å². The molecule has 0 saturated heterocycles. The summed E-state index contributed by atoms with van der Waals surface area (Å²) in [4.78, 5) is 59.4. The van der Waals surface area contributed by atoms with Gasteiger partial charge in [0.25, 0.3) is 0 Å². The first-order valence-corrected chi connectivity index (χ1v) is 9.19. The van der Waals surface area contributed by atoms with Crippen LogP contribution >= 0.6 is 0 Å². The van der Waals surface area contributed by atoms with Crippen molar-refractivity contribution in [1.82, 2.24) is 0 Å². The van der Waals surface area contributed by atoms with Crippen LogP contribution in [0.2, 0.25) is 0 Å². The van der Waals surface area contributed by atoms with Gasteiger partial charge in [0.1, 0.15) is 0 Å². The van der Waals surface area contributed by atoms with Crippen LogP contribution in [0.15, 0.2) is 0 Å². The predicted octanol–water partition coefficient (Wildman–Crippen LogP) is 2.15. The van der Waals surface area contributed by atoms with Gasteiger partial charge in [-0.15, -0.1) is 0 Å². The molecule has 32 heavy (non-hydrogen) atoms. The van der Waals surface area contributed by atoms with Crippen LogP contribution in [0, 0.1) is 83.5 Å². The zero-order valence-corrected chi connectivity index (χ0v) is 23.9. The molecule has 0 aliphatic rings. The Morgan fingerprint density at radius 3 is 0.469 bits per heavy atom. The monoisotopic (exact) mass is 718 g/mol. The van der Waals surface area contributed by atoms with E-state index < -0.39 is 35.8 Å². The van der Waals surface area contributed by atoms with Crippen LogP contribution in [-0.4, -0.2) is 66.5 Å². The van der Waals surface area contributed by atoms with Crippen LogP contribution in [0.3, 0.4) is 0 Å².